The van der Waals surface area contributed by atoms with E-state index in [-0.39, 0.29) is 36.8 Å². The van der Waals surface area contributed by atoms with Crippen molar-refractivity contribution in [1.29, 1.82) is 0 Å². The van der Waals surface area contributed by atoms with Gasteiger partial charge in [-0.1, -0.05) is 36.4 Å². The van der Waals surface area contributed by atoms with Crippen molar-refractivity contribution in [3.63, 3.8) is 0 Å². The second kappa shape index (κ2) is 15.1. The van der Waals surface area contributed by atoms with Crippen LogP contribution in [0.25, 0.3) is 0 Å². The van der Waals surface area contributed by atoms with Crippen molar-refractivity contribution in [2.45, 2.75) is 13.1 Å². The fraction of sp³-hybridized carbons (Fsp3) is 0.214. The molecule has 2 heterocycles. The van der Waals surface area contributed by atoms with Crippen molar-refractivity contribution >= 4 is 43.2 Å². The van der Waals surface area contributed by atoms with Gasteiger partial charge in [-0.2, -0.15) is 0 Å². The number of nitrogens with zero attached hydrogens (tertiary/aromatic N) is 6. The van der Waals surface area contributed by atoms with E-state index in [9.17, 15) is 26.4 Å². The van der Waals surface area contributed by atoms with Gasteiger partial charge in [-0.05, 0) is 24.3 Å². The average molecular weight is 642 g/mol. The number of Topliss-reactive ketones (excluding diaryl/α,β-unsaturated/α-hetero) is 1. The summed E-state index contributed by atoms with van der Waals surface area (Å²) in [5, 5.41) is 0. The van der Waals surface area contributed by atoms with Gasteiger partial charge in [-0.3, -0.25) is 23.4 Å². The number of sulfonamides is 2. The average Bonchev–Trinajstić information content (AvgIpc) is 3.02. The lowest BCUT2D eigenvalue weighted by molar-refractivity contribution is 0.0593. The molecule has 44 heavy (non-hydrogen) atoms. The number of esters is 1. The number of benzene rings is 2. The maximum absolute atomic E-state index is 12.0. The molecular formula is C28H31N7O7S2. The van der Waals surface area contributed by atoms with Crippen LogP contribution in [0.15, 0.2) is 85.5 Å². The van der Waals surface area contributed by atoms with Gasteiger partial charge >= 0.3 is 5.97 Å². The summed E-state index contributed by atoms with van der Waals surface area (Å²) in [7, 11) is -5.69. The highest BCUT2D eigenvalue weighted by molar-refractivity contribution is 7.92. The van der Waals surface area contributed by atoms with E-state index in [0.29, 0.717) is 22.8 Å². The summed E-state index contributed by atoms with van der Waals surface area (Å²) in [4.78, 5) is 38.7. The lowest BCUT2D eigenvalue weighted by Crippen LogP contribution is -2.29. The number of aromatic nitrogens is 4. The Bertz CT molecular complexity index is 1620. The molecule has 0 amide bonds. The van der Waals surface area contributed by atoms with E-state index in [4.69, 9.17) is 5.73 Å². The number of ether oxygens (including phenoxy) is 1. The fourth-order valence-electron chi connectivity index (χ4n) is 3.61. The van der Waals surface area contributed by atoms with Gasteiger partial charge in [0.05, 0.1) is 86.8 Å². The van der Waals surface area contributed by atoms with Crippen LogP contribution in [0.2, 0.25) is 0 Å². The number of carbonyl (C=O) groups is 2. The summed E-state index contributed by atoms with van der Waals surface area (Å²) in [6.07, 6.45) is 7.54. The van der Waals surface area contributed by atoms with Crippen LogP contribution in [0.4, 0.5) is 11.4 Å². The predicted octanol–water partition coefficient (Wildman–Crippen LogP) is 1.81. The lowest BCUT2D eigenvalue weighted by atomic mass is 10.3. The molecule has 0 aliphatic rings. The molecular weight excluding hydrogens is 610 g/mol. The Morgan fingerprint density at radius 3 is 1.41 bits per heavy atom. The topological polar surface area (TPSA) is 196 Å². The Balaban J connectivity index is 0.000000240. The van der Waals surface area contributed by atoms with Crippen LogP contribution in [0.1, 0.15) is 32.4 Å². The Morgan fingerprint density at radius 2 is 1.09 bits per heavy atom. The smallest absolute Gasteiger partial charge is 0.358 e. The molecule has 2 aromatic heterocycles. The molecule has 4 aromatic rings. The summed E-state index contributed by atoms with van der Waals surface area (Å²) >= 11 is 0. The molecule has 0 fully saturated rings. The van der Waals surface area contributed by atoms with Crippen LogP contribution in [0.5, 0.6) is 0 Å². The van der Waals surface area contributed by atoms with Gasteiger partial charge in [0.25, 0.3) is 0 Å². The number of carbonyl (C=O) groups excluding carboxylic acids is 2. The Kier molecular flexibility index (Phi) is 11.6. The molecule has 0 saturated carbocycles. The molecule has 0 saturated heterocycles. The zero-order chi connectivity index (χ0) is 32.3. The summed E-state index contributed by atoms with van der Waals surface area (Å²) < 4.78 is 54.8. The molecule has 0 unspecified atom stereocenters. The second-order valence-electron chi connectivity index (χ2n) is 9.12. The highest BCUT2D eigenvalue weighted by Crippen LogP contribution is 2.20. The number of ketones is 1. The van der Waals surface area contributed by atoms with Crippen LogP contribution in [0, 0.1) is 0 Å². The molecule has 14 nitrogen and oxygen atoms in total. The summed E-state index contributed by atoms with van der Waals surface area (Å²) in [6, 6.07) is 17.4. The van der Waals surface area contributed by atoms with Crippen molar-refractivity contribution < 1.29 is 31.2 Å². The molecule has 2 aromatic carbocycles. The lowest BCUT2D eigenvalue weighted by Gasteiger charge is -2.21. The fourth-order valence-corrected chi connectivity index (χ4v) is 5.36. The van der Waals surface area contributed by atoms with Gasteiger partial charge in [0.2, 0.25) is 20.0 Å². The number of methoxy groups -OCH3 is 1. The highest BCUT2D eigenvalue weighted by atomic mass is 32.2. The van der Waals surface area contributed by atoms with Crippen LogP contribution < -0.4 is 14.3 Å². The molecule has 2 N–H and O–H groups in total. The molecule has 0 aliphatic heterocycles. The third kappa shape index (κ3) is 9.62. The van der Waals surface area contributed by atoms with Gasteiger partial charge in [-0.25, -0.2) is 31.6 Å². The van der Waals surface area contributed by atoms with Crippen molar-refractivity contribution in [3.05, 3.63) is 108 Å². The third-order valence-electron chi connectivity index (χ3n) is 5.78. The first-order chi connectivity index (χ1) is 20.8. The van der Waals surface area contributed by atoms with Gasteiger partial charge in [0.15, 0.2) is 11.5 Å². The van der Waals surface area contributed by atoms with E-state index in [1.807, 2.05) is 0 Å². The summed E-state index contributed by atoms with van der Waals surface area (Å²) in [5.41, 5.74) is 7.40. The van der Waals surface area contributed by atoms with E-state index in [1.54, 1.807) is 60.7 Å². The van der Waals surface area contributed by atoms with E-state index in [0.717, 1.165) is 12.5 Å². The number of rotatable bonds is 11. The number of hydrogen-bond acceptors (Lipinski definition) is 12. The SMILES string of the molecule is COC(=O)c1cnc(CN(c2ccccc2)S(C)(=O)=O)cn1.CS(=O)(=O)N(Cc1cnc(C(=O)CN)cn1)c1ccccc1. The van der Waals surface area contributed by atoms with E-state index in [1.165, 1.54) is 40.5 Å². The quantitative estimate of drug-likeness (QED) is 0.185. The molecule has 4 rings (SSSR count). The first kappa shape index (κ1) is 33.7. The monoisotopic (exact) mass is 641 g/mol. The minimum absolute atomic E-state index is 0.0251. The number of hydrogen-bond donors (Lipinski definition) is 1. The largest absolute Gasteiger partial charge is 0.464 e. The molecule has 0 aliphatic carbocycles. The third-order valence-corrected chi connectivity index (χ3v) is 8.06. The Morgan fingerprint density at radius 1 is 0.682 bits per heavy atom. The number of nitrogens with two attached hydrogens (primary N) is 1. The zero-order valence-corrected chi connectivity index (χ0v) is 25.8. The first-order valence-corrected chi connectivity index (χ1v) is 16.5. The molecule has 0 radical (unpaired) electrons. The van der Waals surface area contributed by atoms with Crippen LogP contribution in [-0.4, -0.2) is 74.7 Å². The van der Waals surface area contributed by atoms with Crippen molar-refractivity contribution in [2.75, 3.05) is 34.8 Å². The number of para-hydroxylation sites is 2. The molecule has 232 valence electrons. The standard InChI is InChI=1S/C14H16N4O3S.C14H15N3O4S/c1-22(20,21)18(12-5-3-2-4-6-12)10-11-8-17-13(9-16-11)14(19)7-15;1-21-14(18)13-9-15-11(8-16-13)10-17(22(2,19)20)12-6-4-3-5-7-12/h2-6,8-9H,7,10,15H2,1H3;3-9H,10H2,1-2H3. The predicted molar refractivity (Wildman–Crippen MR) is 164 cm³/mol. The van der Waals surface area contributed by atoms with Crippen LogP contribution in [0.3, 0.4) is 0 Å². The minimum Gasteiger partial charge on any atom is -0.464 e. The number of anilines is 2. The normalized spacial score (nSPS) is 11.1. The molecule has 0 spiro atoms. The Hall–Kier alpha value is -4.80. The van der Waals surface area contributed by atoms with Gasteiger partial charge in [0, 0.05) is 0 Å². The van der Waals surface area contributed by atoms with E-state index < -0.39 is 26.0 Å². The van der Waals surface area contributed by atoms with Gasteiger partial charge < -0.3 is 10.5 Å². The first-order valence-electron chi connectivity index (χ1n) is 12.8. The molecule has 16 heteroatoms. The van der Waals surface area contributed by atoms with Gasteiger partial charge in [0.1, 0.15) is 5.69 Å². The highest BCUT2D eigenvalue weighted by Gasteiger charge is 2.20. The van der Waals surface area contributed by atoms with Crippen molar-refractivity contribution in [1.82, 2.24) is 19.9 Å². The van der Waals surface area contributed by atoms with Gasteiger partial charge in [-0.15, -0.1) is 0 Å². The van der Waals surface area contributed by atoms with Crippen molar-refractivity contribution in [2.24, 2.45) is 5.73 Å². The summed E-state index contributed by atoms with van der Waals surface area (Å²) in [5.74, 6) is -0.913. The molecule has 0 atom stereocenters. The van der Waals surface area contributed by atoms with E-state index in [2.05, 4.69) is 24.7 Å². The van der Waals surface area contributed by atoms with E-state index >= 15 is 0 Å². The van der Waals surface area contributed by atoms with Crippen LogP contribution >= 0.6 is 0 Å². The minimum atomic E-state index is -3.47. The maximum Gasteiger partial charge on any atom is 0.358 e. The molecule has 0 bridgehead atoms. The Labute approximate surface area is 255 Å². The zero-order valence-electron chi connectivity index (χ0n) is 24.1. The maximum atomic E-state index is 12.0. The second-order valence-corrected chi connectivity index (χ2v) is 12.9. The van der Waals surface area contributed by atoms with Crippen LogP contribution in [-0.2, 0) is 37.9 Å². The van der Waals surface area contributed by atoms with Crippen molar-refractivity contribution in [3.8, 4) is 0 Å². The summed E-state index contributed by atoms with van der Waals surface area (Å²) in [6.45, 7) is -0.0856.